The van der Waals surface area contributed by atoms with Crippen LogP contribution < -0.4 is 5.73 Å². The summed E-state index contributed by atoms with van der Waals surface area (Å²) in [5.74, 6) is 0. The second-order valence-corrected chi connectivity index (χ2v) is 3.62. The number of fused-ring (bicyclic) bond motifs is 3. The number of amides is 1. The van der Waals surface area contributed by atoms with Crippen LogP contribution in [0.4, 0.5) is 4.79 Å². The van der Waals surface area contributed by atoms with E-state index in [1.807, 2.05) is 24.3 Å². The zero-order valence-electron chi connectivity index (χ0n) is 9.42. The van der Waals surface area contributed by atoms with Crippen molar-refractivity contribution in [3.63, 3.8) is 0 Å². The van der Waals surface area contributed by atoms with Crippen LogP contribution in [0.2, 0.25) is 0 Å². The minimum atomic E-state index is -0.493. The Morgan fingerprint density at radius 1 is 1.31 bits per heavy atom. The third-order valence-electron chi connectivity index (χ3n) is 2.63. The van der Waals surface area contributed by atoms with Crippen molar-refractivity contribution in [2.75, 3.05) is 0 Å². The van der Waals surface area contributed by atoms with Crippen LogP contribution in [-0.2, 0) is 0 Å². The molecule has 0 unspecified atom stereocenters. The molecule has 1 aromatic rings. The molecule has 0 saturated heterocycles. The Labute approximate surface area is 93.1 Å². The van der Waals surface area contributed by atoms with Gasteiger partial charge in [-0.25, -0.2) is 9.78 Å². The van der Waals surface area contributed by atoms with Crippen LogP contribution in [0.25, 0.3) is 22.2 Å². The third-order valence-corrected chi connectivity index (χ3v) is 2.63. The lowest BCUT2D eigenvalue weighted by Crippen LogP contribution is -2.19. The first kappa shape index (κ1) is 8.91. The van der Waals surface area contributed by atoms with Gasteiger partial charge in [0.25, 0.3) is 0 Å². The first-order valence-corrected chi connectivity index (χ1v) is 4.92. The first-order valence-electron chi connectivity index (χ1n) is 4.92. The van der Waals surface area contributed by atoms with Crippen molar-refractivity contribution >= 4 is 16.9 Å². The third kappa shape index (κ3) is 1.16. The Kier molecular flexibility index (Phi) is 1.71. The van der Waals surface area contributed by atoms with Gasteiger partial charge in [-0.05, 0) is 12.1 Å². The summed E-state index contributed by atoms with van der Waals surface area (Å²) in [7, 11) is 0. The summed E-state index contributed by atoms with van der Waals surface area (Å²) < 4.78 is 1.36. The van der Waals surface area contributed by atoms with Gasteiger partial charge in [0.2, 0.25) is 0 Å². The molecule has 0 fully saturated rings. The molecule has 0 bridgehead atoms. The number of carbonyl (C=O) groups excluding carboxylic acids is 1. The molecule has 0 spiro atoms. The fourth-order valence-electron chi connectivity index (χ4n) is 1.86. The van der Waals surface area contributed by atoms with Gasteiger partial charge in [-0.1, -0.05) is 18.2 Å². The molecule has 0 aromatic heterocycles. The van der Waals surface area contributed by atoms with Crippen LogP contribution in [0.3, 0.4) is 0 Å². The summed E-state index contributed by atoms with van der Waals surface area (Å²) in [6, 6.07) is 9.12. The molecule has 0 aliphatic carbocycles. The number of hydrogen-bond acceptors (Lipinski definition) is 2. The highest BCUT2D eigenvalue weighted by atomic mass is 16.2. The van der Waals surface area contributed by atoms with Crippen molar-refractivity contribution in [3.05, 3.63) is 42.7 Å². The average molecular weight is 212 g/mol. The zero-order chi connectivity index (χ0) is 11.1. The van der Waals surface area contributed by atoms with E-state index in [1.165, 1.54) is 4.57 Å². The summed E-state index contributed by atoms with van der Waals surface area (Å²) >= 11 is 0. The molecule has 0 atom stereocenters. The fraction of sp³-hybridized carbons (Fsp3) is 0. The molecular weight excluding hydrogens is 202 g/mol. The molecule has 0 radical (unpaired) electrons. The van der Waals surface area contributed by atoms with Crippen LogP contribution in [0, 0.1) is 0 Å². The van der Waals surface area contributed by atoms with Crippen LogP contribution in [0.15, 0.2) is 42.7 Å². The maximum absolute atomic E-state index is 11.1. The molecule has 1 aromatic carbocycles. The van der Waals surface area contributed by atoms with Crippen LogP contribution in [-0.4, -0.2) is 15.6 Å². The van der Waals surface area contributed by atoms with Crippen molar-refractivity contribution in [2.24, 2.45) is 5.73 Å². The molecule has 78 valence electrons. The van der Waals surface area contributed by atoms with E-state index in [2.05, 4.69) is 4.98 Å². The monoisotopic (exact) mass is 212 g/mol. The van der Waals surface area contributed by atoms with E-state index in [4.69, 9.17) is 5.73 Å². The lowest BCUT2D eigenvalue weighted by atomic mass is 10.1. The van der Waals surface area contributed by atoms with E-state index in [0.717, 1.165) is 22.2 Å². The Morgan fingerprint density at radius 3 is 2.94 bits per heavy atom. The molecule has 0 saturated carbocycles. The molecule has 2 N–H and O–H groups in total. The molecule has 16 heavy (non-hydrogen) atoms. The van der Waals surface area contributed by atoms with E-state index < -0.39 is 6.03 Å². The summed E-state index contributed by atoms with van der Waals surface area (Å²) in [6.45, 7) is 0. The quantitative estimate of drug-likeness (QED) is 0.620. The second-order valence-electron chi connectivity index (χ2n) is 3.62. The highest BCUT2D eigenvalue weighted by Crippen LogP contribution is 2.29. The number of hydrogen-bond donors (Lipinski definition) is 1. The largest absolute Gasteiger partial charge is 1.00 e. The molecular formula is C12H10N3O+. The predicted octanol–water partition coefficient (Wildman–Crippen LogP) is 2.18. The Morgan fingerprint density at radius 2 is 2.12 bits per heavy atom. The highest BCUT2D eigenvalue weighted by molar-refractivity contribution is 5.97. The maximum Gasteiger partial charge on any atom is 1.00 e. The van der Waals surface area contributed by atoms with Gasteiger partial charge in [0.05, 0.1) is 11.2 Å². The van der Waals surface area contributed by atoms with Crippen molar-refractivity contribution < 1.29 is 6.22 Å². The minimum absolute atomic E-state index is 0. The Balaban J connectivity index is 0.00000108. The normalized spacial score (nSPS) is 11.0. The number of rotatable bonds is 0. The number of primary amides is 1. The molecule has 2 heterocycles. The van der Waals surface area contributed by atoms with E-state index in [-0.39, 0.29) is 1.43 Å². The topological polar surface area (TPSA) is 60.9 Å². The number of nitrogens with zero attached hydrogens (tertiary/aromatic N) is 2. The number of nitrogens with two attached hydrogens (primary N) is 1. The molecule has 3 rings (SSSR count). The van der Waals surface area contributed by atoms with Gasteiger partial charge < -0.3 is 5.73 Å². The summed E-state index contributed by atoms with van der Waals surface area (Å²) in [5, 5.41) is 1.04. The van der Waals surface area contributed by atoms with E-state index >= 15 is 0 Å². The van der Waals surface area contributed by atoms with E-state index in [0.29, 0.717) is 0 Å². The van der Waals surface area contributed by atoms with Crippen LogP contribution >= 0.6 is 0 Å². The number of carbonyl (C=O) groups is 1. The van der Waals surface area contributed by atoms with Gasteiger partial charge in [-0.15, -0.1) is 0 Å². The van der Waals surface area contributed by atoms with E-state index in [9.17, 15) is 4.79 Å². The van der Waals surface area contributed by atoms with Gasteiger partial charge in [-0.2, -0.15) is 0 Å². The zero-order valence-corrected chi connectivity index (χ0v) is 8.42. The minimum Gasteiger partial charge on any atom is -0.351 e. The summed E-state index contributed by atoms with van der Waals surface area (Å²) in [5.41, 5.74) is 7.97. The summed E-state index contributed by atoms with van der Waals surface area (Å²) in [4.78, 5) is 15.5. The number of pyridine rings is 1. The van der Waals surface area contributed by atoms with Crippen LogP contribution in [0.1, 0.15) is 1.43 Å². The van der Waals surface area contributed by atoms with E-state index in [1.54, 1.807) is 18.5 Å². The van der Waals surface area contributed by atoms with Crippen molar-refractivity contribution in [3.8, 4) is 11.3 Å². The second kappa shape index (κ2) is 3.06. The number of aromatic nitrogens is 2. The van der Waals surface area contributed by atoms with Crippen molar-refractivity contribution in [2.45, 2.75) is 0 Å². The molecule has 2 aliphatic heterocycles. The predicted molar refractivity (Wildman–Crippen MR) is 62.4 cm³/mol. The standard InChI is InChI=1S/C12H9N3O/c13-12(16)15-6-5-11-9(7-15)8-3-1-2-4-10(8)14-11/h1-7H,(H2,13,16)/p+1. The Bertz CT molecular complexity index is 662. The SMILES string of the molecule is NC(=O)n1ccc2nc3ccccc3c-2c1.[H+]. The van der Waals surface area contributed by atoms with Gasteiger partial charge in [-0.3, -0.25) is 4.57 Å². The Hall–Kier alpha value is -2.36. The smallest absolute Gasteiger partial charge is 0.351 e. The van der Waals surface area contributed by atoms with Gasteiger partial charge in [0.15, 0.2) is 0 Å². The lowest BCUT2D eigenvalue weighted by Gasteiger charge is -2.03. The number of benzene rings is 1. The fourth-order valence-corrected chi connectivity index (χ4v) is 1.86. The van der Waals surface area contributed by atoms with Gasteiger partial charge in [0, 0.05) is 23.3 Å². The number of para-hydroxylation sites is 1. The highest BCUT2D eigenvalue weighted by Gasteiger charge is 2.12. The first-order chi connectivity index (χ1) is 7.75. The van der Waals surface area contributed by atoms with Gasteiger partial charge in [0.1, 0.15) is 0 Å². The maximum atomic E-state index is 11.1. The molecule has 4 nitrogen and oxygen atoms in total. The van der Waals surface area contributed by atoms with Crippen LogP contribution in [0.5, 0.6) is 0 Å². The molecule has 1 amide bonds. The molecule has 4 heteroatoms. The van der Waals surface area contributed by atoms with Crippen molar-refractivity contribution in [1.29, 1.82) is 0 Å². The molecule has 2 aliphatic rings. The van der Waals surface area contributed by atoms with Crippen molar-refractivity contribution in [1.82, 2.24) is 9.55 Å². The summed E-state index contributed by atoms with van der Waals surface area (Å²) in [6.07, 6.45) is 3.34. The average Bonchev–Trinajstić information content (AvgIpc) is 2.66. The van der Waals surface area contributed by atoms with Gasteiger partial charge >= 0.3 is 7.46 Å². The lowest BCUT2D eigenvalue weighted by molar-refractivity contribution is 0.250.